The van der Waals surface area contributed by atoms with Crippen molar-refractivity contribution in [1.82, 2.24) is 19.7 Å². The number of aromatic nitrogens is 4. The van der Waals surface area contributed by atoms with Crippen LogP contribution in [0.15, 0.2) is 16.7 Å². The summed E-state index contributed by atoms with van der Waals surface area (Å²) in [7, 11) is 0. The van der Waals surface area contributed by atoms with Gasteiger partial charge in [-0.05, 0) is 13.3 Å². The Morgan fingerprint density at radius 2 is 2.37 bits per heavy atom. The first-order valence-electron chi connectivity index (χ1n) is 5.79. The van der Waals surface area contributed by atoms with Crippen LogP contribution in [0.4, 0.5) is 0 Å². The second-order valence-electron chi connectivity index (χ2n) is 3.88. The van der Waals surface area contributed by atoms with E-state index in [2.05, 4.69) is 22.1 Å². The predicted molar refractivity (Wildman–Crippen MR) is 73.7 cm³/mol. The quantitative estimate of drug-likeness (QED) is 0.824. The fourth-order valence-corrected chi connectivity index (χ4v) is 3.36. The number of carbonyl (C=O) groups is 1. The summed E-state index contributed by atoms with van der Waals surface area (Å²) in [5.41, 5.74) is 0. The van der Waals surface area contributed by atoms with Crippen molar-refractivity contribution in [2.45, 2.75) is 31.5 Å². The summed E-state index contributed by atoms with van der Waals surface area (Å²) in [4.78, 5) is 15.0. The van der Waals surface area contributed by atoms with Crippen molar-refractivity contribution in [3.05, 3.63) is 22.4 Å². The molecule has 0 saturated heterocycles. The average Bonchev–Trinajstić information content (AvgIpc) is 3.00. The number of thioether (sulfide) groups is 1. The van der Waals surface area contributed by atoms with Gasteiger partial charge in [0.15, 0.2) is 5.16 Å². The standard InChI is InChI=1S/C11H14N4O2S2/c1-3-8(10-12-4-5-18-10)15-7(2)13-14-11(15)19-6-9(16)17/h4-5,8H,3,6H2,1-2H3,(H,16,17). The summed E-state index contributed by atoms with van der Waals surface area (Å²) in [6.07, 6.45) is 2.62. The first-order valence-corrected chi connectivity index (χ1v) is 7.65. The number of rotatable bonds is 6. The molecule has 0 bridgehead atoms. The molecule has 102 valence electrons. The minimum absolute atomic E-state index is 0.0214. The Kier molecular flexibility index (Phi) is 4.54. The van der Waals surface area contributed by atoms with Crippen LogP contribution in [0.25, 0.3) is 0 Å². The summed E-state index contributed by atoms with van der Waals surface area (Å²) in [5.74, 6) is -0.110. The Balaban J connectivity index is 2.31. The highest BCUT2D eigenvalue weighted by atomic mass is 32.2. The van der Waals surface area contributed by atoms with Crippen molar-refractivity contribution in [2.75, 3.05) is 5.75 Å². The molecule has 0 fully saturated rings. The highest BCUT2D eigenvalue weighted by molar-refractivity contribution is 7.99. The molecule has 0 aliphatic rings. The van der Waals surface area contributed by atoms with Gasteiger partial charge in [-0.2, -0.15) is 0 Å². The van der Waals surface area contributed by atoms with Crippen LogP contribution in [-0.2, 0) is 4.79 Å². The van der Waals surface area contributed by atoms with Gasteiger partial charge in [-0.15, -0.1) is 21.5 Å². The van der Waals surface area contributed by atoms with E-state index in [1.54, 1.807) is 17.5 Å². The third-order valence-corrected chi connectivity index (χ3v) is 4.40. The first kappa shape index (κ1) is 14.0. The van der Waals surface area contributed by atoms with E-state index in [1.807, 2.05) is 16.9 Å². The third-order valence-electron chi connectivity index (χ3n) is 2.59. The van der Waals surface area contributed by atoms with Gasteiger partial charge in [0, 0.05) is 11.6 Å². The Labute approximate surface area is 118 Å². The van der Waals surface area contributed by atoms with Gasteiger partial charge in [-0.25, -0.2) is 4.98 Å². The lowest BCUT2D eigenvalue weighted by molar-refractivity contribution is -0.133. The zero-order chi connectivity index (χ0) is 13.8. The molecule has 8 heteroatoms. The number of hydrogen-bond acceptors (Lipinski definition) is 6. The van der Waals surface area contributed by atoms with Crippen molar-refractivity contribution in [3.8, 4) is 0 Å². The zero-order valence-corrected chi connectivity index (χ0v) is 12.2. The van der Waals surface area contributed by atoms with E-state index in [9.17, 15) is 4.79 Å². The minimum atomic E-state index is -0.862. The number of hydrogen-bond donors (Lipinski definition) is 1. The molecule has 0 aromatic carbocycles. The van der Waals surface area contributed by atoms with Crippen molar-refractivity contribution in [3.63, 3.8) is 0 Å². The van der Waals surface area contributed by atoms with Crippen LogP contribution in [0, 0.1) is 6.92 Å². The molecule has 2 aromatic heterocycles. The van der Waals surface area contributed by atoms with Gasteiger partial charge >= 0.3 is 5.97 Å². The SMILES string of the molecule is CCC(c1nccs1)n1c(C)nnc1SCC(=O)O. The molecule has 0 saturated carbocycles. The van der Waals surface area contributed by atoms with Crippen LogP contribution in [-0.4, -0.2) is 36.6 Å². The van der Waals surface area contributed by atoms with Crippen molar-refractivity contribution in [1.29, 1.82) is 0 Å². The molecule has 0 aliphatic heterocycles. The molecule has 6 nitrogen and oxygen atoms in total. The van der Waals surface area contributed by atoms with E-state index in [0.717, 1.165) is 17.3 Å². The van der Waals surface area contributed by atoms with Gasteiger partial charge in [-0.3, -0.25) is 9.36 Å². The van der Waals surface area contributed by atoms with E-state index >= 15 is 0 Å². The zero-order valence-electron chi connectivity index (χ0n) is 10.6. The number of aryl methyl sites for hydroxylation is 1. The maximum Gasteiger partial charge on any atom is 0.313 e. The fraction of sp³-hybridized carbons (Fsp3) is 0.455. The molecule has 2 rings (SSSR count). The summed E-state index contributed by atoms with van der Waals surface area (Å²) in [5, 5.41) is 20.4. The summed E-state index contributed by atoms with van der Waals surface area (Å²) in [6, 6.07) is 0.0614. The van der Waals surface area contributed by atoms with Gasteiger partial charge < -0.3 is 5.11 Å². The number of nitrogens with zero attached hydrogens (tertiary/aromatic N) is 4. The lowest BCUT2D eigenvalue weighted by Crippen LogP contribution is -2.13. The van der Waals surface area contributed by atoms with E-state index in [0.29, 0.717) is 5.16 Å². The highest BCUT2D eigenvalue weighted by Gasteiger charge is 2.21. The molecule has 2 heterocycles. The Hall–Kier alpha value is -1.41. The summed E-state index contributed by atoms with van der Waals surface area (Å²) in [6.45, 7) is 3.94. The molecule has 1 atom stereocenters. The number of thiazole rings is 1. The Morgan fingerprint density at radius 3 is 2.95 bits per heavy atom. The Morgan fingerprint density at radius 1 is 1.58 bits per heavy atom. The lowest BCUT2D eigenvalue weighted by atomic mass is 10.2. The lowest BCUT2D eigenvalue weighted by Gasteiger charge is -2.17. The largest absolute Gasteiger partial charge is 0.481 e. The summed E-state index contributed by atoms with van der Waals surface area (Å²) >= 11 is 2.77. The molecule has 0 radical (unpaired) electrons. The predicted octanol–water partition coefficient (Wildman–Crippen LogP) is 2.22. The van der Waals surface area contributed by atoms with Gasteiger partial charge in [0.2, 0.25) is 0 Å². The summed E-state index contributed by atoms with van der Waals surface area (Å²) < 4.78 is 1.96. The number of aliphatic carboxylic acids is 1. The topological polar surface area (TPSA) is 80.9 Å². The van der Waals surface area contributed by atoms with Crippen molar-refractivity contribution >= 4 is 29.1 Å². The van der Waals surface area contributed by atoms with Crippen LogP contribution in [0.2, 0.25) is 0 Å². The van der Waals surface area contributed by atoms with Crippen LogP contribution >= 0.6 is 23.1 Å². The second kappa shape index (κ2) is 6.16. The average molecular weight is 298 g/mol. The molecular weight excluding hydrogens is 284 g/mol. The van der Waals surface area contributed by atoms with E-state index in [4.69, 9.17) is 5.11 Å². The molecule has 1 unspecified atom stereocenters. The third kappa shape index (κ3) is 3.13. The van der Waals surface area contributed by atoms with Crippen LogP contribution in [0.1, 0.15) is 30.2 Å². The molecule has 19 heavy (non-hydrogen) atoms. The number of carboxylic acid groups (broad SMARTS) is 1. The monoisotopic (exact) mass is 298 g/mol. The van der Waals surface area contributed by atoms with E-state index in [-0.39, 0.29) is 11.8 Å². The van der Waals surface area contributed by atoms with Crippen molar-refractivity contribution < 1.29 is 9.90 Å². The molecule has 0 aliphatic carbocycles. The first-order chi connectivity index (χ1) is 9.13. The van der Waals surface area contributed by atoms with Gasteiger partial charge in [-0.1, -0.05) is 18.7 Å². The molecule has 0 spiro atoms. The molecule has 1 N–H and O–H groups in total. The fourth-order valence-electron chi connectivity index (χ4n) is 1.80. The second-order valence-corrected chi connectivity index (χ2v) is 5.75. The minimum Gasteiger partial charge on any atom is -0.481 e. The highest BCUT2D eigenvalue weighted by Crippen LogP contribution is 2.29. The van der Waals surface area contributed by atoms with Gasteiger partial charge in [0.1, 0.15) is 10.8 Å². The van der Waals surface area contributed by atoms with Gasteiger partial charge in [0.25, 0.3) is 0 Å². The van der Waals surface area contributed by atoms with Gasteiger partial charge in [0.05, 0.1) is 11.8 Å². The van der Waals surface area contributed by atoms with Crippen LogP contribution in [0.3, 0.4) is 0 Å². The molecule has 2 aromatic rings. The maximum atomic E-state index is 10.7. The Bertz CT molecular complexity index is 553. The van der Waals surface area contributed by atoms with E-state index in [1.165, 1.54) is 11.8 Å². The van der Waals surface area contributed by atoms with Crippen LogP contribution in [0.5, 0.6) is 0 Å². The smallest absolute Gasteiger partial charge is 0.313 e. The van der Waals surface area contributed by atoms with Crippen molar-refractivity contribution in [2.24, 2.45) is 0 Å². The number of carboxylic acids is 1. The maximum absolute atomic E-state index is 10.7. The molecular formula is C11H14N4O2S2. The molecule has 0 amide bonds. The van der Waals surface area contributed by atoms with E-state index < -0.39 is 5.97 Å². The normalized spacial score (nSPS) is 12.5. The van der Waals surface area contributed by atoms with Crippen LogP contribution < -0.4 is 0 Å².